The van der Waals surface area contributed by atoms with Crippen molar-refractivity contribution in [3.63, 3.8) is 0 Å². The van der Waals surface area contributed by atoms with E-state index in [9.17, 15) is 9.90 Å². The zero-order valence-corrected chi connectivity index (χ0v) is 17.4. The highest BCUT2D eigenvalue weighted by Crippen LogP contribution is 2.41. The summed E-state index contributed by atoms with van der Waals surface area (Å²) < 4.78 is 11.5. The van der Waals surface area contributed by atoms with Crippen molar-refractivity contribution in [2.75, 3.05) is 26.8 Å². The van der Waals surface area contributed by atoms with E-state index in [0.717, 1.165) is 36.8 Å². The predicted octanol–water partition coefficient (Wildman–Crippen LogP) is 2.69. The van der Waals surface area contributed by atoms with Crippen molar-refractivity contribution in [2.24, 2.45) is 0 Å². The molecule has 28 heavy (non-hydrogen) atoms. The molecule has 1 saturated carbocycles. The molecule has 2 atom stereocenters. The first kappa shape index (κ1) is 20.4. The van der Waals surface area contributed by atoms with Gasteiger partial charge in [-0.25, -0.2) is 0 Å². The van der Waals surface area contributed by atoms with Gasteiger partial charge in [0.2, 0.25) is 5.91 Å². The third-order valence-corrected chi connectivity index (χ3v) is 6.64. The summed E-state index contributed by atoms with van der Waals surface area (Å²) in [5.41, 5.74) is 1.81. The van der Waals surface area contributed by atoms with Crippen molar-refractivity contribution in [1.82, 2.24) is 10.2 Å². The van der Waals surface area contributed by atoms with Gasteiger partial charge in [-0.2, -0.15) is 0 Å². The maximum Gasteiger partial charge on any atom is 0.234 e. The van der Waals surface area contributed by atoms with Crippen LogP contribution in [0.4, 0.5) is 0 Å². The summed E-state index contributed by atoms with van der Waals surface area (Å²) in [5, 5.41) is 14.8. The summed E-state index contributed by atoms with van der Waals surface area (Å²) in [5.74, 6) is -0.473. The second-order valence-electron chi connectivity index (χ2n) is 8.04. The van der Waals surface area contributed by atoms with Crippen molar-refractivity contribution < 1.29 is 19.4 Å². The predicted molar refractivity (Wildman–Crippen MR) is 107 cm³/mol. The van der Waals surface area contributed by atoms with Crippen molar-refractivity contribution >= 4 is 29.1 Å². The SMILES string of the molecule is CN(CC(=O)NC1CCC2(CC1)OCCO2)C1c2cc(Cl)cc(Cl)c2CC1O. The van der Waals surface area contributed by atoms with Crippen molar-refractivity contribution in [1.29, 1.82) is 0 Å². The minimum atomic E-state index is -0.616. The molecular formula is C20H26Cl2N2O4. The van der Waals surface area contributed by atoms with Gasteiger partial charge in [-0.3, -0.25) is 9.69 Å². The van der Waals surface area contributed by atoms with Crippen LogP contribution in [0.15, 0.2) is 12.1 Å². The molecule has 8 heteroatoms. The number of fused-ring (bicyclic) bond motifs is 1. The molecule has 0 radical (unpaired) electrons. The van der Waals surface area contributed by atoms with Crippen LogP contribution in [0.1, 0.15) is 42.9 Å². The summed E-state index contributed by atoms with van der Waals surface area (Å²) in [6.45, 7) is 1.50. The van der Waals surface area contributed by atoms with Crippen LogP contribution in [0.25, 0.3) is 0 Å². The minimum absolute atomic E-state index is 0.0505. The van der Waals surface area contributed by atoms with Crippen molar-refractivity contribution in [2.45, 2.75) is 56.1 Å². The molecule has 0 aromatic heterocycles. The molecule has 2 N–H and O–H groups in total. The van der Waals surface area contributed by atoms with Crippen LogP contribution in [0.5, 0.6) is 0 Å². The van der Waals surface area contributed by atoms with Gasteiger partial charge in [-0.1, -0.05) is 23.2 Å². The third-order valence-electron chi connectivity index (χ3n) is 6.09. The Kier molecular flexibility index (Phi) is 5.89. The molecule has 1 heterocycles. The van der Waals surface area contributed by atoms with E-state index in [2.05, 4.69) is 5.32 Å². The molecule has 3 aliphatic rings. The Morgan fingerprint density at radius 1 is 1.29 bits per heavy atom. The van der Waals surface area contributed by atoms with Gasteiger partial charge in [0.25, 0.3) is 0 Å². The molecule has 1 saturated heterocycles. The monoisotopic (exact) mass is 428 g/mol. The number of likely N-dealkylation sites (N-methyl/N-ethyl adjacent to an activating group) is 1. The topological polar surface area (TPSA) is 71.0 Å². The number of ether oxygens (including phenoxy) is 2. The van der Waals surface area contributed by atoms with Gasteiger partial charge in [0.05, 0.1) is 31.9 Å². The summed E-state index contributed by atoms with van der Waals surface area (Å²) >= 11 is 12.4. The van der Waals surface area contributed by atoms with E-state index in [1.807, 2.05) is 18.0 Å². The number of hydrogen-bond donors (Lipinski definition) is 2. The van der Waals surface area contributed by atoms with E-state index in [4.69, 9.17) is 32.7 Å². The van der Waals surface area contributed by atoms with Crippen LogP contribution < -0.4 is 5.32 Å². The molecule has 1 aliphatic heterocycles. The van der Waals surface area contributed by atoms with Crippen LogP contribution in [-0.2, 0) is 20.7 Å². The van der Waals surface area contributed by atoms with E-state index < -0.39 is 11.9 Å². The van der Waals surface area contributed by atoms with E-state index in [-0.39, 0.29) is 24.5 Å². The molecule has 2 fully saturated rings. The second-order valence-corrected chi connectivity index (χ2v) is 8.88. The highest BCUT2D eigenvalue weighted by Gasteiger charge is 2.41. The molecule has 0 bridgehead atoms. The number of carbonyl (C=O) groups is 1. The first-order chi connectivity index (χ1) is 13.4. The fourth-order valence-electron chi connectivity index (χ4n) is 4.75. The number of aliphatic hydroxyl groups is 1. The number of amides is 1. The fourth-order valence-corrected chi connectivity index (χ4v) is 5.33. The van der Waals surface area contributed by atoms with Crippen LogP contribution in [-0.4, -0.2) is 60.7 Å². The number of hydrogen-bond acceptors (Lipinski definition) is 5. The molecule has 6 nitrogen and oxygen atoms in total. The first-order valence-electron chi connectivity index (χ1n) is 9.80. The Labute approximate surface area is 175 Å². The molecule has 2 aliphatic carbocycles. The average molecular weight is 429 g/mol. The molecule has 1 aromatic rings. The van der Waals surface area contributed by atoms with Crippen molar-refractivity contribution in [3.05, 3.63) is 33.3 Å². The van der Waals surface area contributed by atoms with Gasteiger partial charge in [0, 0.05) is 35.3 Å². The Balaban J connectivity index is 1.34. The maximum atomic E-state index is 12.6. The quantitative estimate of drug-likeness (QED) is 0.771. The Morgan fingerprint density at radius 3 is 2.64 bits per heavy atom. The van der Waals surface area contributed by atoms with Crippen LogP contribution >= 0.6 is 23.2 Å². The number of rotatable bonds is 4. The third kappa shape index (κ3) is 4.04. The average Bonchev–Trinajstić information content (AvgIpc) is 3.21. The largest absolute Gasteiger partial charge is 0.391 e. The Bertz CT molecular complexity index is 744. The lowest BCUT2D eigenvalue weighted by Crippen LogP contribution is -2.47. The summed E-state index contributed by atoms with van der Waals surface area (Å²) in [6.07, 6.45) is 3.14. The lowest BCUT2D eigenvalue weighted by atomic mass is 9.90. The summed E-state index contributed by atoms with van der Waals surface area (Å²) in [7, 11) is 1.84. The molecule has 4 rings (SSSR count). The van der Waals surface area contributed by atoms with E-state index in [0.29, 0.717) is 29.7 Å². The number of aliphatic hydroxyl groups excluding tert-OH is 1. The number of nitrogens with zero attached hydrogens (tertiary/aromatic N) is 1. The van der Waals surface area contributed by atoms with Crippen LogP contribution in [0.2, 0.25) is 10.0 Å². The van der Waals surface area contributed by atoms with Crippen LogP contribution in [0, 0.1) is 0 Å². The van der Waals surface area contributed by atoms with Gasteiger partial charge in [0.1, 0.15) is 0 Å². The standard InChI is InChI=1S/C20H26Cl2N2O4/c1-24(19-15-8-12(21)9-16(22)14(15)10-17(19)25)11-18(26)23-13-2-4-20(5-3-13)27-6-7-28-20/h8-9,13,17,19,25H,2-7,10-11H2,1H3,(H,23,26). The van der Waals surface area contributed by atoms with Crippen LogP contribution in [0.3, 0.4) is 0 Å². The highest BCUT2D eigenvalue weighted by atomic mass is 35.5. The fraction of sp³-hybridized carbons (Fsp3) is 0.650. The molecule has 1 spiro atoms. The van der Waals surface area contributed by atoms with E-state index in [1.54, 1.807) is 6.07 Å². The smallest absolute Gasteiger partial charge is 0.234 e. The minimum Gasteiger partial charge on any atom is -0.391 e. The molecule has 154 valence electrons. The van der Waals surface area contributed by atoms with Crippen molar-refractivity contribution in [3.8, 4) is 0 Å². The molecule has 1 amide bonds. The van der Waals surface area contributed by atoms with Gasteiger partial charge in [-0.15, -0.1) is 0 Å². The summed E-state index contributed by atoms with van der Waals surface area (Å²) in [6, 6.07) is 3.35. The lowest BCUT2D eigenvalue weighted by Gasteiger charge is -2.36. The highest BCUT2D eigenvalue weighted by molar-refractivity contribution is 6.35. The van der Waals surface area contributed by atoms with Gasteiger partial charge >= 0.3 is 0 Å². The normalized spacial score (nSPS) is 26.8. The van der Waals surface area contributed by atoms with E-state index in [1.165, 1.54) is 0 Å². The van der Waals surface area contributed by atoms with Gasteiger partial charge in [0.15, 0.2) is 5.79 Å². The molecular weight excluding hydrogens is 403 g/mol. The first-order valence-corrected chi connectivity index (χ1v) is 10.6. The number of halogens is 2. The number of nitrogens with one attached hydrogen (secondary N) is 1. The lowest BCUT2D eigenvalue weighted by molar-refractivity contribution is -0.180. The summed E-state index contributed by atoms with van der Waals surface area (Å²) in [4.78, 5) is 14.5. The molecule has 2 unspecified atom stereocenters. The Morgan fingerprint density at radius 2 is 1.96 bits per heavy atom. The zero-order chi connectivity index (χ0) is 19.9. The Hall–Kier alpha value is -0.890. The van der Waals surface area contributed by atoms with E-state index >= 15 is 0 Å². The number of benzene rings is 1. The van der Waals surface area contributed by atoms with Gasteiger partial charge < -0.3 is 19.9 Å². The second kappa shape index (κ2) is 8.09. The molecule has 1 aromatic carbocycles. The number of carbonyl (C=O) groups excluding carboxylic acids is 1. The zero-order valence-electron chi connectivity index (χ0n) is 15.9. The van der Waals surface area contributed by atoms with Gasteiger partial charge in [-0.05, 0) is 43.1 Å². The maximum absolute atomic E-state index is 12.6.